The van der Waals surface area contributed by atoms with Gasteiger partial charge in [0, 0.05) is 24.7 Å². The zero-order valence-electron chi connectivity index (χ0n) is 11.6. The highest BCUT2D eigenvalue weighted by Crippen LogP contribution is 2.26. The van der Waals surface area contributed by atoms with E-state index in [4.69, 9.17) is 10.6 Å². The molecule has 19 heavy (non-hydrogen) atoms. The molecular weight excluding hydrogens is 240 g/mol. The van der Waals surface area contributed by atoms with Crippen molar-refractivity contribution >= 4 is 0 Å². The van der Waals surface area contributed by atoms with Crippen LogP contribution in [0.1, 0.15) is 23.0 Å². The summed E-state index contributed by atoms with van der Waals surface area (Å²) in [5, 5.41) is 4.35. The van der Waals surface area contributed by atoms with E-state index in [0.29, 0.717) is 0 Å². The van der Waals surface area contributed by atoms with Gasteiger partial charge in [0.05, 0.1) is 18.8 Å². The van der Waals surface area contributed by atoms with Gasteiger partial charge in [-0.25, -0.2) is 0 Å². The molecule has 1 aromatic carbocycles. The monoisotopic (exact) mass is 260 g/mol. The highest BCUT2D eigenvalue weighted by atomic mass is 16.5. The minimum Gasteiger partial charge on any atom is -0.496 e. The van der Waals surface area contributed by atoms with Crippen LogP contribution in [0.2, 0.25) is 0 Å². The first-order chi connectivity index (χ1) is 9.15. The van der Waals surface area contributed by atoms with Crippen LogP contribution in [0.25, 0.3) is 0 Å². The maximum absolute atomic E-state index is 5.70. The molecule has 0 saturated heterocycles. The van der Waals surface area contributed by atoms with Crippen LogP contribution in [0.3, 0.4) is 0 Å². The van der Waals surface area contributed by atoms with Crippen molar-refractivity contribution < 1.29 is 4.74 Å². The lowest BCUT2D eigenvalue weighted by atomic mass is 10.0. The molecule has 0 aliphatic rings. The lowest BCUT2D eigenvalue weighted by molar-refractivity contribution is 0.398. The number of hydrogen-bond acceptors (Lipinski definition) is 4. The molecule has 0 fully saturated rings. The largest absolute Gasteiger partial charge is 0.496 e. The Morgan fingerprint density at radius 1 is 1.42 bits per heavy atom. The van der Waals surface area contributed by atoms with Crippen molar-refractivity contribution in [1.29, 1.82) is 0 Å². The van der Waals surface area contributed by atoms with Crippen molar-refractivity contribution in [3.05, 3.63) is 47.3 Å². The van der Waals surface area contributed by atoms with Crippen LogP contribution in [-0.2, 0) is 13.5 Å². The van der Waals surface area contributed by atoms with Gasteiger partial charge < -0.3 is 4.74 Å². The Labute approximate surface area is 113 Å². The third kappa shape index (κ3) is 2.94. The number of methoxy groups -OCH3 is 1. The van der Waals surface area contributed by atoms with E-state index in [9.17, 15) is 0 Å². The van der Waals surface area contributed by atoms with E-state index < -0.39 is 0 Å². The van der Waals surface area contributed by atoms with Crippen molar-refractivity contribution in [3.8, 4) is 5.75 Å². The molecule has 1 aromatic heterocycles. The number of nitrogens with zero attached hydrogens (tertiary/aromatic N) is 2. The molecular formula is C14H20N4O. The second kappa shape index (κ2) is 5.86. The summed E-state index contributed by atoms with van der Waals surface area (Å²) in [6, 6.07) is 9.95. The van der Waals surface area contributed by atoms with Gasteiger partial charge in [-0.1, -0.05) is 18.2 Å². The van der Waals surface area contributed by atoms with Crippen molar-refractivity contribution in [2.24, 2.45) is 12.9 Å². The van der Waals surface area contributed by atoms with E-state index in [1.54, 1.807) is 7.11 Å². The van der Waals surface area contributed by atoms with Crippen molar-refractivity contribution in [2.45, 2.75) is 19.4 Å². The molecule has 0 radical (unpaired) electrons. The van der Waals surface area contributed by atoms with Gasteiger partial charge in [0.2, 0.25) is 0 Å². The van der Waals surface area contributed by atoms with Gasteiger partial charge in [-0.05, 0) is 19.1 Å². The number of rotatable bonds is 5. The summed E-state index contributed by atoms with van der Waals surface area (Å²) >= 11 is 0. The Kier molecular flexibility index (Phi) is 4.19. The Hall–Kier alpha value is -1.85. The maximum atomic E-state index is 5.70. The van der Waals surface area contributed by atoms with E-state index in [1.165, 1.54) is 0 Å². The van der Waals surface area contributed by atoms with Crippen molar-refractivity contribution in [2.75, 3.05) is 7.11 Å². The number of benzene rings is 1. The molecule has 5 nitrogen and oxygen atoms in total. The topological polar surface area (TPSA) is 65.1 Å². The van der Waals surface area contributed by atoms with Crippen molar-refractivity contribution in [3.63, 3.8) is 0 Å². The van der Waals surface area contributed by atoms with E-state index in [1.807, 2.05) is 42.9 Å². The fraction of sp³-hybridized carbons (Fsp3) is 0.357. The van der Waals surface area contributed by atoms with Gasteiger partial charge in [-0.3, -0.25) is 16.0 Å². The quantitative estimate of drug-likeness (QED) is 0.631. The summed E-state index contributed by atoms with van der Waals surface area (Å²) in [5.74, 6) is 6.54. The van der Waals surface area contributed by atoms with E-state index >= 15 is 0 Å². The van der Waals surface area contributed by atoms with Gasteiger partial charge >= 0.3 is 0 Å². The second-order valence-electron chi connectivity index (χ2n) is 4.57. The summed E-state index contributed by atoms with van der Waals surface area (Å²) in [5.41, 5.74) is 6.04. The Morgan fingerprint density at radius 2 is 2.16 bits per heavy atom. The van der Waals surface area contributed by atoms with Gasteiger partial charge in [-0.2, -0.15) is 5.10 Å². The summed E-state index contributed by atoms with van der Waals surface area (Å²) in [6.45, 7) is 1.98. The van der Waals surface area contributed by atoms with Crippen LogP contribution in [0.4, 0.5) is 0 Å². The molecule has 1 unspecified atom stereocenters. The lowest BCUT2D eigenvalue weighted by Gasteiger charge is -2.19. The van der Waals surface area contributed by atoms with Crippen LogP contribution < -0.4 is 16.0 Å². The first kappa shape index (κ1) is 13.6. The van der Waals surface area contributed by atoms with Crippen LogP contribution in [0.5, 0.6) is 5.75 Å². The van der Waals surface area contributed by atoms with E-state index in [-0.39, 0.29) is 6.04 Å². The average Bonchev–Trinajstić information content (AvgIpc) is 2.74. The Balaban J connectivity index is 2.27. The van der Waals surface area contributed by atoms with Gasteiger partial charge in [-0.15, -0.1) is 0 Å². The molecule has 2 aromatic rings. The van der Waals surface area contributed by atoms with Crippen LogP contribution in [-0.4, -0.2) is 16.9 Å². The predicted molar refractivity (Wildman–Crippen MR) is 74.7 cm³/mol. The predicted octanol–water partition coefficient (Wildman–Crippen LogP) is 1.48. The number of hydrogen-bond donors (Lipinski definition) is 2. The lowest BCUT2D eigenvalue weighted by Crippen LogP contribution is -2.30. The number of para-hydroxylation sites is 1. The average molecular weight is 260 g/mol. The zero-order valence-corrected chi connectivity index (χ0v) is 11.6. The molecule has 1 atom stereocenters. The number of aromatic nitrogens is 2. The molecule has 0 spiro atoms. The highest BCUT2D eigenvalue weighted by Gasteiger charge is 2.16. The van der Waals surface area contributed by atoms with Gasteiger partial charge in [0.1, 0.15) is 5.75 Å². The fourth-order valence-electron chi connectivity index (χ4n) is 2.28. The molecule has 1 heterocycles. The van der Waals surface area contributed by atoms with Crippen LogP contribution in [0, 0.1) is 6.92 Å². The minimum atomic E-state index is -0.00838. The molecule has 102 valence electrons. The normalized spacial score (nSPS) is 12.4. The number of aryl methyl sites for hydroxylation is 2. The number of nitrogens with two attached hydrogens (primary N) is 1. The highest BCUT2D eigenvalue weighted by molar-refractivity contribution is 5.36. The second-order valence-corrected chi connectivity index (χ2v) is 4.57. The fourth-order valence-corrected chi connectivity index (χ4v) is 2.28. The van der Waals surface area contributed by atoms with Crippen LogP contribution in [0.15, 0.2) is 30.3 Å². The third-order valence-electron chi connectivity index (χ3n) is 3.23. The number of hydrazine groups is 1. The molecule has 0 amide bonds. The molecule has 0 saturated carbocycles. The minimum absolute atomic E-state index is 0.00838. The molecule has 3 N–H and O–H groups in total. The summed E-state index contributed by atoms with van der Waals surface area (Å²) in [6.07, 6.45) is 0.758. The zero-order chi connectivity index (χ0) is 13.8. The van der Waals surface area contributed by atoms with Gasteiger partial charge in [0.25, 0.3) is 0 Å². The Bertz CT molecular complexity index is 550. The standard InChI is InChI=1S/C14H20N4O/c1-10-8-11(18(2)17-10)9-13(16-15)12-6-4-5-7-14(12)19-3/h4-8,13,16H,9,15H2,1-3H3. The van der Waals surface area contributed by atoms with Crippen LogP contribution >= 0.6 is 0 Å². The maximum Gasteiger partial charge on any atom is 0.123 e. The van der Waals surface area contributed by atoms with Gasteiger partial charge in [0.15, 0.2) is 0 Å². The molecule has 0 aliphatic heterocycles. The smallest absolute Gasteiger partial charge is 0.123 e. The summed E-state index contributed by atoms with van der Waals surface area (Å²) in [7, 11) is 3.61. The van der Waals surface area contributed by atoms with E-state index in [2.05, 4.69) is 16.6 Å². The van der Waals surface area contributed by atoms with E-state index in [0.717, 1.165) is 29.1 Å². The molecule has 0 aliphatic carbocycles. The van der Waals surface area contributed by atoms with Crippen molar-refractivity contribution in [1.82, 2.24) is 15.2 Å². The molecule has 5 heteroatoms. The first-order valence-corrected chi connectivity index (χ1v) is 6.24. The summed E-state index contributed by atoms with van der Waals surface area (Å²) < 4.78 is 7.27. The summed E-state index contributed by atoms with van der Waals surface area (Å²) in [4.78, 5) is 0. The first-order valence-electron chi connectivity index (χ1n) is 6.24. The Morgan fingerprint density at radius 3 is 2.74 bits per heavy atom. The molecule has 0 bridgehead atoms. The number of nitrogens with one attached hydrogen (secondary N) is 1. The molecule has 2 rings (SSSR count). The third-order valence-corrected chi connectivity index (χ3v) is 3.23. The SMILES string of the molecule is COc1ccccc1C(Cc1cc(C)nn1C)NN. The number of ether oxygens (including phenoxy) is 1.